The van der Waals surface area contributed by atoms with Crippen LogP contribution in [-0.2, 0) is 24.0 Å². The van der Waals surface area contributed by atoms with E-state index in [0.29, 0.717) is 0 Å². The fraction of sp³-hybridized carbons (Fsp3) is 0.688. The molecule has 0 saturated heterocycles. The quantitative estimate of drug-likeness (QED) is 0.182. The number of carboxylic acid groups (broad SMARTS) is 2. The zero-order valence-corrected chi connectivity index (χ0v) is 16.9. The number of rotatable bonds is 12. The molecule has 0 heterocycles. The maximum atomic E-state index is 12.2. The largest absolute Gasteiger partial charge is 0.481 e. The van der Waals surface area contributed by atoms with Crippen LogP contribution in [0.15, 0.2) is 0 Å². The van der Waals surface area contributed by atoms with Crippen molar-refractivity contribution < 1.29 is 34.2 Å². The minimum atomic E-state index is -1.35. The van der Waals surface area contributed by atoms with Gasteiger partial charge in [-0.1, -0.05) is 13.8 Å². The van der Waals surface area contributed by atoms with Crippen LogP contribution in [0.2, 0.25) is 0 Å². The van der Waals surface area contributed by atoms with E-state index < -0.39 is 60.2 Å². The predicted molar refractivity (Wildman–Crippen MR) is 103 cm³/mol. The van der Waals surface area contributed by atoms with E-state index in [0.717, 1.165) is 0 Å². The molecule has 28 heavy (non-hydrogen) atoms. The summed E-state index contributed by atoms with van der Waals surface area (Å²) >= 11 is 3.95. The summed E-state index contributed by atoms with van der Waals surface area (Å²) in [4.78, 5) is 58.0. The van der Waals surface area contributed by atoms with Gasteiger partial charge in [0.1, 0.15) is 18.1 Å². The average molecular weight is 420 g/mol. The van der Waals surface area contributed by atoms with Crippen LogP contribution < -0.4 is 21.7 Å². The van der Waals surface area contributed by atoms with Gasteiger partial charge in [-0.05, 0) is 19.3 Å². The van der Waals surface area contributed by atoms with E-state index in [1.54, 1.807) is 0 Å². The third-order valence-corrected chi connectivity index (χ3v) is 3.99. The van der Waals surface area contributed by atoms with Crippen molar-refractivity contribution in [2.75, 3.05) is 5.75 Å². The summed E-state index contributed by atoms with van der Waals surface area (Å²) in [5, 5.41) is 24.8. The summed E-state index contributed by atoms with van der Waals surface area (Å²) in [6.45, 7) is 4.97. The van der Waals surface area contributed by atoms with Crippen LogP contribution in [0.4, 0.5) is 0 Å². The average Bonchev–Trinajstić information content (AvgIpc) is 2.57. The highest BCUT2D eigenvalue weighted by molar-refractivity contribution is 7.80. The molecule has 0 aliphatic carbocycles. The molecule has 4 atom stereocenters. The Hall–Kier alpha value is -2.34. The highest BCUT2D eigenvalue weighted by atomic mass is 32.1. The molecule has 0 spiro atoms. The lowest BCUT2D eigenvalue weighted by Gasteiger charge is -2.23. The van der Waals surface area contributed by atoms with Crippen molar-refractivity contribution in [2.24, 2.45) is 11.7 Å². The van der Waals surface area contributed by atoms with Crippen LogP contribution in [0, 0.1) is 5.92 Å². The Morgan fingerprint density at radius 3 is 1.86 bits per heavy atom. The summed E-state index contributed by atoms with van der Waals surface area (Å²) in [7, 11) is 0. The first-order chi connectivity index (χ1) is 12.9. The molecule has 0 rings (SSSR count). The zero-order chi connectivity index (χ0) is 22.0. The molecule has 0 aromatic carbocycles. The van der Waals surface area contributed by atoms with Crippen molar-refractivity contribution in [1.29, 1.82) is 0 Å². The normalized spacial score (nSPS) is 15.1. The number of hydrogen-bond acceptors (Lipinski definition) is 7. The molecule has 3 amide bonds. The Bertz CT molecular complexity index is 600. The van der Waals surface area contributed by atoms with Crippen LogP contribution in [0.3, 0.4) is 0 Å². The summed E-state index contributed by atoms with van der Waals surface area (Å²) in [6.07, 6.45) is -0.392. The summed E-state index contributed by atoms with van der Waals surface area (Å²) < 4.78 is 0. The molecule has 0 aromatic rings. The van der Waals surface area contributed by atoms with Gasteiger partial charge < -0.3 is 31.9 Å². The molecule has 11 nitrogen and oxygen atoms in total. The summed E-state index contributed by atoms with van der Waals surface area (Å²) in [5.41, 5.74) is 5.42. The second-order valence-electron chi connectivity index (χ2n) is 6.71. The lowest BCUT2D eigenvalue weighted by atomic mass is 10.0. The summed E-state index contributed by atoms with van der Waals surface area (Å²) in [6, 6.07) is -4.67. The van der Waals surface area contributed by atoms with Gasteiger partial charge in [0.25, 0.3) is 0 Å². The molecule has 0 aliphatic heterocycles. The fourth-order valence-electron chi connectivity index (χ4n) is 2.12. The van der Waals surface area contributed by atoms with Crippen LogP contribution in [0.5, 0.6) is 0 Å². The van der Waals surface area contributed by atoms with E-state index in [1.165, 1.54) is 6.92 Å². The molecular weight excluding hydrogens is 392 g/mol. The van der Waals surface area contributed by atoms with Crippen molar-refractivity contribution in [3.8, 4) is 0 Å². The lowest BCUT2D eigenvalue weighted by molar-refractivity contribution is -0.142. The molecule has 0 fully saturated rings. The number of amides is 3. The highest BCUT2D eigenvalue weighted by Gasteiger charge is 2.28. The Kier molecular flexibility index (Phi) is 11.2. The second kappa shape index (κ2) is 12.2. The molecule has 7 N–H and O–H groups in total. The SMILES string of the molecule is CC(C)CC(NC(=O)C(C)NC(=O)C(CS)NC(=O)C(N)CC(=O)O)C(=O)O. The van der Waals surface area contributed by atoms with E-state index >= 15 is 0 Å². The van der Waals surface area contributed by atoms with Crippen molar-refractivity contribution in [3.63, 3.8) is 0 Å². The second-order valence-corrected chi connectivity index (χ2v) is 7.07. The molecule has 160 valence electrons. The standard InChI is InChI=1S/C16H28N4O7S/c1-7(2)4-10(16(26)27)19-13(23)8(3)18-15(25)11(6-28)20-14(24)9(17)5-12(21)22/h7-11,28H,4-6,17H2,1-3H3,(H,18,25)(H,19,23)(H,20,24)(H,21,22)(H,26,27). The number of carbonyl (C=O) groups excluding carboxylic acids is 3. The van der Waals surface area contributed by atoms with E-state index in [2.05, 4.69) is 28.6 Å². The third-order valence-electron chi connectivity index (χ3n) is 3.62. The van der Waals surface area contributed by atoms with Gasteiger partial charge in [-0.3, -0.25) is 19.2 Å². The van der Waals surface area contributed by atoms with Crippen LogP contribution >= 0.6 is 12.6 Å². The first-order valence-corrected chi connectivity index (χ1v) is 9.24. The number of carbonyl (C=O) groups is 5. The maximum Gasteiger partial charge on any atom is 0.326 e. The number of nitrogens with one attached hydrogen (secondary N) is 3. The van der Waals surface area contributed by atoms with Gasteiger partial charge in [-0.25, -0.2) is 4.79 Å². The smallest absolute Gasteiger partial charge is 0.326 e. The Balaban J connectivity index is 4.82. The molecule has 4 unspecified atom stereocenters. The number of thiol groups is 1. The molecule has 0 radical (unpaired) electrons. The third kappa shape index (κ3) is 9.55. The zero-order valence-electron chi connectivity index (χ0n) is 16.0. The fourth-order valence-corrected chi connectivity index (χ4v) is 2.38. The number of aliphatic carboxylic acids is 2. The highest BCUT2D eigenvalue weighted by Crippen LogP contribution is 2.05. The van der Waals surface area contributed by atoms with E-state index in [1.807, 2.05) is 13.8 Å². The van der Waals surface area contributed by atoms with Crippen molar-refractivity contribution in [1.82, 2.24) is 16.0 Å². The van der Waals surface area contributed by atoms with Gasteiger partial charge in [-0.2, -0.15) is 12.6 Å². The molecule has 0 aliphatic rings. The first kappa shape index (κ1) is 25.7. The number of hydrogen-bond donors (Lipinski definition) is 7. The van der Waals surface area contributed by atoms with Gasteiger partial charge >= 0.3 is 11.9 Å². The van der Waals surface area contributed by atoms with E-state index in [-0.39, 0.29) is 18.1 Å². The molecular formula is C16H28N4O7S. The van der Waals surface area contributed by atoms with Gasteiger partial charge in [0.05, 0.1) is 12.5 Å². The summed E-state index contributed by atoms with van der Waals surface area (Å²) in [5.74, 6) is -4.85. The Morgan fingerprint density at radius 2 is 1.43 bits per heavy atom. The Labute approximate surface area is 168 Å². The number of carboxylic acids is 2. The van der Waals surface area contributed by atoms with Gasteiger partial charge in [0.15, 0.2) is 0 Å². The molecule has 0 saturated carbocycles. The minimum absolute atomic E-state index is 0.0325. The van der Waals surface area contributed by atoms with Crippen LogP contribution in [-0.4, -0.2) is 69.8 Å². The monoisotopic (exact) mass is 420 g/mol. The van der Waals surface area contributed by atoms with E-state index in [4.69, 9.17) is 15.9 Å². The Morgan fingerprint density at radius 1 is 0.893 bits per heavy atom. The maximum absolute atomic E-state index is 12.2. The predicted octanol–water partition coefficient (Wildman–Crippen LogP) is -1.68. The van der Waals surface area contributed by atoms with Crippen LogP contribution in [0.25, 0.3) is 0 Å². The molecule has 12 heteroatoms. The molecule has 0 bridgehead atoms. The topological polar surface area (TPSA) is 188 Å². The van der Waals surface area contributed by atoms with Crippen molar-refractivity contribution in [2.45, 2.75) is 57.8 Å². The van der Waals surface area contributed by atoms with Gasteiger partial charge in [0, 0.05) is 5.75 Å². The minimum Gasteiger partial charge on any atom is -0.481 e. The lowest BCUT2D eigenvalue weighted by Crippen LogP contribution is -2.57. The van der Waals surface area contributed by atoms with Crippen molar-refractivity contribution in [3.05, 3.63) is 0 Å². The van der Waals surface area contributed by atoms with Gasteiger partial charge in [-0.15, -0.1) is 0 Å². The van der Waals surface area contributed by atoms with E-state index in [9.17, 15) is 24.0 Å². The number of nitrogens with two attached hydrogens (primary N) is 1. The first-order valence-electron chi connectivity index (χ1n) is 8.61. The van der Waals surface area contributed by atoms with Gasteiger partial charge in [0.2, 0.25) is 17.7 Å². The van der Waals surface area contributed by atoms with Crippen LogP contribution in [0.1, 0.15) is 33.6 Å². The van der Waals surface area contributed by atoms with Crippen molar-refractivity contribution >= 4 is 42.3 Å². The molecule has 0 aromatic heterocycles.